The summed E-state index contributed by atoms with van der Waals surface area (Å²) in [5.41, 5.74) is 1.42. The van der Waals surface area contributed by atoms with E-state index >= 15 is 0 Å². The number of methoxy groups -OCH3 is 1. The Balaban J connectivity index is 0.00000128. The van der Waals surface area contributed by atoms with Crippen LogP contribution < -0.4 is 10.1 Å². The molecule has 0 radical (unpaired) electrons. The molecule has 1 N–H and O–H groups in total. The van der Waals surface area contributed by atoms with E-state index in [9.17, 15) is 0 Å². The number of hydrogen-bond acceptors (Lipinski definition) is 2. The zero-order valence-electron chi connectivity index (χ0n) is 9.74. The maximum atomic E-state index is 5.15. The average molecular weight is 242 g/mol. The van der Waals surface area contributed by atoms with E-state index in [-0.39, 0.29) is 12.4 Å². The molecule has 0 amide bonds. The average Bonchev–Trinajstić information content (AvgIpc) is 2.31. The van der Waals surface area contributed by atoms with Crippen LogP contribution in [0.5, 0.6) is 5.75 Å². The van der Waals surface area contributed by atoms with Crippen LogP contribution in [0.2, 0.25) is 0 Å². The van der Waals surface area contributed by atoms with Crippen molar-refractivity contribution in [3.8, 4) is 5.75 Å². The monoisotopic (exact) mass is 241 g/mol. The summed E-state index contributed by atoms with van der Waals surface area (Å²) in [7, 11) is 1.71. The fourth-order valence-corrected chi connectivity index (χ4v) is 2.19. The number of benzene rings is 1. The molecule has 90 valence electrons. The highest BCUT2D eigenvalue weighted by atomic mass is 35.5. The van der Waals surface area contributed by atoms with Crippen molar-refractivity contribution in [3.05, 3.63) is 29.8 Å². The Morgan fingerprint density at radius 3 is 2.62 bits per heavy atom. The largest absolute Gasteiger partial charge is 0.497 e. The minimum Gasteiger partial charge on any atom is -0.497 e. The second-order valence-corrected chi connectivity index (χ2v) is 4.26. The Labute approximate surface area is 104 Å². The van der Waals surface area contributed by atoms with Gasteiger partial charge in [-0.05, 0) is 56.0 Å². The molecule has 0 aromatic heterocycles. The van der Waals surface area contributed by atoms with E-state index in [1.54, 1.807) is 7.11 Å². The number of halogens is 1. The third-order valence-corrected chi connectivity index (χ3v) is 3.08. The molecule has 1 aromatic carbocycles. The summed E-state index contributed by atoms with van der Waals surface area (Å²) in [4.78, 5) is 0. The standard InChI is InChI=1S/C13H19NO.ClH/c1-15-13-6-4-11(5-7-13)9-12-3-2-8-14-10-12;/h4-7,12,14H,2-3,8-10H2,1H3;1H/t12-;/m0./s1. The van der Waals surface area contributed by atoms with Crippen LogP contribution in [0.3, 0.4) is 0 Å². The predicted octanol–water partition coefficient (Wildman–Crippen LogP) is 2.66. The lowest BCUT2D eigenvalue weighted by atomic mass is 9.92. The first kappa shape index (κ1) is 13.3. The van der Waals surface area contributed by atoms with Crippen LogP contribution >= 0.6 is 12.4 Å². The summed E-state index contributed by atoms with van der Waals surface area (Å²) in [6.45, 7) is 2.37. The molecule has 1 atom stereocenters. The number of piperidine rings is 1. The molecule has 0 unspecified atom stereocenters. The van der Waals surface area contributed by atoms with E-state index in [1.807, 2.05) is 12.1 Å². The van der Waals surface area contributed by atoms with E-state index in [4.69, 9.17) is 4.74 Å². The Hall–Kier alpha value is -0.730. The third-order valence-electron chi connectivity index (χ3n) is 3.08. The van der Waals surface area contributed by atoms with E-state index in [2.05, 4.69) is 17.4 Å². The van der Waals surface area contributed by atoms with Gasteiger partial charge < -0.3 is 10.1 Å². The van der Waals surface area contributed by atoms with Crippen molar-refractivity contribution < 1.29 is 4.74 Å². The molecule has 16 heavy (non-hydrogen) atoms. The Morgan fingerprint density at radius 1 is 1.31 bits per heavy atom. The van der Waals surface area contributed by atoms with E-state index in [0.29, 0.717) is 0 Å². The molecule has 1 aliphatic rings. The molecule has 1 aromatic rings. The quantitative estimate of drug-likeness (QED) is 0.879. The summed E-state index contributed by atoms with van der Waals surface area (Å²) in [5, 5.41) is 3.45. The van der Waals surface area contributed by atoms with Crippen molar-refractivity contribution in [1.29, 1.82) is 0 Å². The topological polar surface area (TPSA) is 21.3 Å². The Kier molecular flexibility index (Phi) is 5.64. The first-order chi connectivity index (χ1) is 7.38. The molecule has 2 nitrogen and oxygen atoms in total. The Bertz CT molecular complexity index is 293. The molecule has 3 heteroatoms. The fourth-order valence-electron chi connectivity index (χ4n) is 2.19. The lowest BCUT2D eigenvalue weighted by Crippen LogP contribution is -2.30. The second-order valence-electron chi connectivity index (χ2n) is 4.26. The summed E-state index contributed by atoms with van der Waals surface area (Å²) < 4.78 is 5.15. The molecule has 0 spiro atoms. The van der Waals surface area contributed by atoms with Gasteiger partial charge in [0, 0.05) is 0 Å². The van der Waals surface area contributed by atoms with Gasteiger partial charge in [-0.2, -0.15) is 0 Å². The summed E-state index contributed by atoms with van der Waals surface area (Å²) in [6.07, 6.45) is 3.87. The van der Waals surface area contributed by atoms with Gasteiger partial charge in [-0.15, -0.1) is 12.4 Å². The third kappa shape index (κ3) is 3.69. The van der Waals surface area contributed by atoms with Gasteiger partial charge in [-0.25, -0.2) is 0 Å². The van der Waals surface area contributed by atoms with Gasteiger partial charge >= 0.3 is 0 Å². The van der Waals surface area contributed by atoms with E-state index < -0.39 is 0 Å². The minimum absolute atomic E-state index is 0. The highest BCUT2D eigenvalue weighted by Crippen LogP contribution is 2.18. The van der Waals surface area contributed by atoms with Crippen molar-refractivity contribution in [2.24, 2.45) is 5.92 Å². The van der Waals surface area contributed by atoms with E-state index in [1.165, 1.54) is 37.9 Å². The fraction of sp³-hybridized carbons (Fsp3) is 0.538. The van der Waals surface area contributed by atoms with Crippen LogP contribution in [-0.4, -0.2) is 20.2 Å². The lowest BCUT2D eigenvalue weighted by molar-refractivity contribution is 0.375. The Morgan fingerprint density at radius 2 is 2.06 bits per heavy atom. The van der Waals surface area contributed by atoms with Crippen LogP contribution in [0.1, 0.15) is 18.4 Å². The van der Waals surface area contributed by atoms with Gasteiger partial charge in [0.15, 0.2) is 0 Å². The van der Waals surface area contributed by atoms with Crippen LogP contribution in [0.15, 0.2) is 24.3 Å². The number of nitrogens with one attached hydrogen (secondary N) is 1. The van der Waals surface area contributed by atoms with Gasteiger partial charge in [0.2, 0.25) is 0 Å². The predicted molar refractivity (Wildman–Crippen MR) is 69.5 cm³/mol. The van der Waals surface area contributed by atoms with Gasteiger partial charge in [0.05, 0.1) is 7.11 Å². The SMILES string of the molecule is COc1ccc(C[C@@H]2CCCNC2)cc1.Cl. The molecular weight excluding hydrogens is 222 g/mol. The summed E-state index contributed by atoms with van der Waals surface area (Å²) in [6, 6.07) is 8.44. The zero-order chi connectivity index (χ0) is 10.5. The maximum absolute atomic E-state index is 5.15. The molecule has 1 heterocycles. The first-order valence-electron chi connectivity index (χ1n) is 5.72. The molecule has 1 fully saturated rings. The molecular formula is C13H20ClNO. The number of ether oxygens (including phenoxy) is 1. The number of rotatable bonds is 3. The van der Waals surface area contributed by atoms with Crippen molar-refractivity contribution in [3.63, 3.8) is 0 Å². The first-order valence-corrected chi connectivity index (χ1v) is 5.72. The van der Waals surface area contributed by atoms with Crippen LogP contribution in [0.4, 0.5) is 0 Å². The second kappa shape index (κ2) is 6.77. The van der Waals surface area contributed by atoms with Crippen molar-refractivity contribution in [2.45, 2.75) is 19.3 Å². The zero-order valence-corrected chi connectivity index (χ0v) is 10.6. The molecule has 2 rings (SSSR count). The number of hydrogen-bond donors (Lipinski definition) is 1. The van der Waals surface area contributed by atoms with Crippen molar-refractivity contribution in [1.82, 2.24) is 5.32 Å². The summed E-state index contributed by atoms with van der Waals surface area (Å²) in [5.74, 6) is 1.76. The normalized spacial score (nSPS) is 19.9. The van der Waals surface area contributed by atoms with Crippen LogP contribution in [0, 0.1) is 5.92 Å². The van der Waals surface area contributed by atoms with Gasteiger partial charge in [-0.3, -0.25) is 0 Å². The van der Waals surface area contributed by atoms with Crippen molar-refractivity contribution in [2.75, 3.05) is 20.2 Å². The molecule has 1 aliphatic heterocycles. The highest BCUT2D eigenvalue weighted by Gasteiger charge is 2.13. The van der Waals surface area contributed by atoms with Crippen LogP contribution in [-0.2, 0) is 6.42 Å². The lowest BCUT2D eigenvalue weighted by Gasteiger charge is -2.22. The summed E-state index contributed by atoms with van der Waals surface area (Å²) >= 11 is 0. The van der Waals surface area contributed by atoms with Gasteiger partial charge in [0.25, 0.3) is 0 Å². The smallest absolute Gasteiger partial charge is 0.118 e. The molecule has 0 aliphatic carbocycles. The highest BCUT2D eigenvalue weighted by molar-refractivity contribution is 5.85. The van der Waals surface area contributed by atoms with Crippen LogP contribution in [0.25, 0.3) is 0 Å². The van der Waals surface area contributed by atoms with Gasteiger partial charge in [-0.1, -0.05) is 12.1 Å². The molecule has 1 saturated heterocycles. The maximum Gasteiger partial charge on any atom is 0.118 e. The van der Waals surface area contributed by atoms with Crippen molar-refractivity contribution >= 4 is 12.4 Å². The van der Waals surface area contributed by atoms with E-state index in [0.717, 1.165) is 11.7 Å². The molecule has 0 saturated carbocycles. The minimum atomic E-state index is 0. The molecule has 0 bridgehead atoms. The van der Waals surface area contributed by atoms with Gasteiger partial charge in [0.1, 0.15) is 5.75 Å².